The van der Waals surface area contributed by atoms with Crippen molar-refractivity contribution in [3.63, 3.8) is 0 Å². The molecule has 0 saturated carbocycles. The van der Waals surface area contributed by atoms with E-state index >= 15 is 0 Å². The second-order valence-electron chi connectivity index (χ2n) is 6.01. The van der Waals surface area contributed by atoms with Gasteiger partial charge in [-0.15, -0.1) is 12.4 Å². The molecule has 130 valence electrons. The molecule has 1 N–H and O–H groups in total. The third-order valence-corrected chi connectivity index (χ3v) is 3.94. The maximum atomic E-state index is 11.2. The van der Waals surface area contributed by atoms with E-state index in [4.69, 9.17) is 4.74 Å². The molecule has 1 unspecified atom stereocenters. The largest absolute Gasteiger partial charge is 0.481 e. The van der Waals surface area contributed by atoms with E-state index in [9.17, 15) is 4.79 Å². The number of hydrogen-bond donors (Lipinski definition) is 1. The number of benzene rings is 1. The Balaban J connectivity index is 0.00000264. The highest BCUT2D eigenvalue weighted by molar-refractivity contribution is 5.85. The molecule has 0 bridgehead atoms. The molecule has 0 amide bonds. The molecule has 1 aromatic carbocycles. The number of ether oxygens (including phenoxy) is 2. The highest BCUT2D eigenvalue weighted by Gasteiger charge is 2.16. The van der Waals surface area contributed by atoms with Gasteiger partial charge < -0.3 is 14.8 Å². The summed E-state index contributed by atoms with van der Waals surface area (Å²) in [5, 5.41) is 3.46. The lowest BCUT2D eigenvalue weighted by molar-refractivity contribution is -0.142. The molecule has 1 aromatic rings. The minimum atomic E-state index is -0.363. The second kappa shape index (κ2) is 9.11. The van der Waals surface area contributed by atoms with Gasteiger partial charge in [-0.25, -0.2) is 4.79 Å². The van der Waals surface area contributed by atoms with Gasteiger partial charge in [-0.3, -0.25) is 4.90 Å². The molecule has 1 heterocycles. The van der Waals surface area contributed by atoms with Crippen LogP contribution in [0.5, 0.6) is 5.75 Å². The number of methoxy groups -OCH3 is 1. The number of esters is 1. The van der Waals surface area contributed by atoms with Crippen LogP contribution in [0.15, 0.2) is 12.1 Å². The van der Waals surface area contributed by atoms with Crippen molar-refractivity contribution in [2.45, 2.75) is 33.4 Å². The van der Waals surface area contributed by atoms with Crippen molar-refractivity contribution in [3.05, 3.63) is 28.8 Å². The van der Waals surface area contributed by atoms with Crippen LogP contribution in [0.25, 0.3) is 0 Å². The molecule has 0 spiro atoms. The van der Waals surface area contributed by atoms with Crippen LogP contribution < -0.4 is 10.1 Å². The SMILES string of the molecule is COC(=O)COc1c(C)cc(CN2CCNC(C)C2)cc1C.Cl. The number of rotatable bonds is 5. The van der Waals surface area contributed by atoms with Crippen LogP contribution in [0.3, 0.4) is 0 Å². The standard InChI is InChI=1S/C17H26N2O3.ClH/c1-12-7-15(10-19-6-5-18-14(3)9-19)8-13(2)17(12)22-11-16(20)21-4;/h7-8,14,18H,5-6,9-11H2,1-4H3;1H. The molecule has 1 fully saturated rings. The van der Waals surface area contributed by atoms with Gasteiger partial charge in [0.2, 0.25) is 0 Å². The van der Waals surface area contributed by atoms with Crippen LogP contribution in [0, 0.1) is 13.8 Å². The fraction of sp³-hybridized carbons (Fsp3) is 0.588. The van der Waals surface area contributed by atoms with Crippen LogP contribution in [0.2, 0.25) is 0 Å². The summed E-state index contributed by atoms with van der Waals surface area (Å²) in [5.74, 6) is 0.417. The summed E-state index contributed by atoms with van der Waals surface area (Å²) in [4.78, 5) is 13.7. The number of nitrogens with one attached hydrogen (secondary N) is 1. The Morgan fingerprint density at radius 1 is 1.35 bits per heavy atom. The predicted molar refractivity (Wildman–Crippen MR) is 93.4 cm³/mol. The van der Waals surface area contributed by atoms with Crippen molar-refractivity contribution in [3.8, 4) is 5.75 Å². The quantitative estimate of drug-likeness (QED) is 0.830. The third-order valence-electron chi connectivity index (χ3n) is 3.94. The Morgan fingerprint density at radius 2 is 2.00 bits per heavy atom. The monoisotopic (exact) mass is 342 g/mol. The van der Waals surface area contributed by atoms with Crippen LogP contribution >= 0.6 is 12.4 Å². The van der Waals surface area contributed by atoms with E-state index in [1.165, 1.54) is 12.7 Å². The van der Waals surface area contributed by atoms with Gasteiger partial charge in [0.05, 0.1) is 7.11 Å². The van der Waals surface area contributed by atoms with E-state index in [1.807, 2.05) is 13.8 Å². The van der Waals surface area contributed by atoms with Gasteiger partial charge in [-0.05, 0) is 37.5 Å². The highest BCUT2D eigenvalue weighted by Crippen LogP contribution is 2.25. The van der Waals surface area contributed by atoms with Crippen molar-refractivity contribution in [1.82, 2.24) is 10.2 Å². The first-order valence-electron chi connectivity index (χ1n) is 7.75. The summed E-state index contributed by atoms with van der Waals surface area (Å²) < 4.78 is 10.2. The molecule has 1 saturated heterocycles. The van der Waals surface area contributed by atoms with Gasteiger partial charge in [0.25, 0.3) is 0 Å². The number of aryl methyl sites for hydroxylation is 2. The van der Waals surface area contributed by atoms with E-state index in [-0.39, 0.29) is 25.0 Å². The fourth-order valence-corrected chi connectivity index (χ4v) is 2.96. The zero-order valence-electron chi connectivity index (χ0n) is 14.3. The summed E-state index contributed by atoms with van der Waals surface area (Å²) in [7, 11) is 1.36. The molecule has 2 rings (SSSR count). The molecule has 1 aliphatic rings. The lowest BCUT2D eigenvalue weighted by Crippen LogP contribution is -2.48. The molecule has 5 nitrogen and oxygen atoms in total. The Labute approximate surface area is 144 Å². The summed E-state index contributed by atoms with van der Waals surface area (Å²) >= 11 is 0. The topological polar surface area (TPSA) is 50.8 Å². The van der Waals surface area contributed by atoms with Gasteiger partial charge in [-0.2, -0.15) is 0 Å². The van der Waals surface area contributed by atoms with Crippen molar-refractivity contribution in [2.75, 3.05) is 33.4 Å². The molecule has 0 radical (unpaired) electrons. The zero-order chi connectivity index (χ0) is 16.1. The first-order chi connectivity index (χ1) is 10.5. The van der Waals surface area contributed by atoms with Crippen molar-refractivity contribution in [1.29, 1.82) is 0 Å². The fourth-order valence-electron chi connectivity index (χ4n) is 2.96. The Morgan fingerprint density at radius 3 is 2.57 bits per heavy atom. The number of nitrogens with zero attached hydrogens (tertiary/aromatic N) is 1. The molecule has 0 aliphatic carbocycles. The van der Waals surface area contributed by atoms with Crippen molar-refractivity contribution in [2.24, 2.45) is 0 Å². The van der Waals surface area contributed by atoms with E-state index < -0.39 is 0 Å². The van der Waals surface area contributed by atoms with Gasteiger partial charge in [0.15, 0.2) is 6.61 Å². The number of hydrogen-bond acceptors (Lipinski definition) is 5. The molecule has 1 atom stereocenters. The lowest BCUT2D eigenvalue weighted by atomic mass is 10.0. The maximum Gasteiger partial charge on any atom is 0.343 e. The molecular weight excluding hydrogens is 316 g/mol. The molecule has 0 aromatic heterocycles. The normalized spacial score (nSPS) is 18.2. The van der Waals surface area contributed by atoms with Gasteiger partial charge in [0, 0.05) is 32.2 Å². The van der Waals surface area contributed by atoms with E-state index in [0.29, 0.717) is 6.04 Å². The number of carbonyl (C=O) groups excluding carboxylic acids is 1. The number of halogens is 1. The summed E-state index contributed by atoms with van der Waals surface area (Å²) in [6.07, 6.45) is 0. The average Bonchev–Trinajstić information content (AvgIpc) is 2.46. The minimum Gasteiger partial charge on any atom is -0.481 e. The first kappa shape index (κ1) is 19.7. The van der Waals surface area contributed by atoms with Crippen LogP contribution in [0.1, 0.15) is 23.6 Å². The Hall–Kier alpha value is -1.30. The van der Waals surface area contributed by atoms with Gasteiger partial charge in [-0.1, -0.05) is 12.1 Å². The first-order valence-corrected chi connectivity index (χ1v) is 7.75. The van der Waals surface area contributed by atoms with E-state index in [1.54, 1.807) is 0 Å². The van der Waals surface area contributed by atoms with Crippen LogP contribution in [-0.4, -0.2) is 50.3 Å². The van der Waals surface area contributed by atoms with Crippen LogP contribution in [-0.2, 0) is 16.1 Å². The Bertz CT molecular complexity index is 514. The number of carbonyl (C=O) groups is 1. The van der Waals surface area contributed by atoms with E-state index in [2.05, 4.69) is 34.0 Å². The summed E-state index contributed by atoms with van der Waals surface area (Å²) in [6.45, 7) is 10.3. The third kappa shape index (κ3) is 5.68. The molecule has 1 aliphatic heterocycles. The lowest BCUT2D eigenvalue weighted by Gasteiger charge is -2.32. The van der Waals surface area contributed by atoms with Gasteiger partial charge in [0.1, 0.15) is 5.75 Å². The predicted octanol–water partition coefficient (Wildman–Crippen LogP) is 2.07. The van der Waals surface area contributed by atoms with Crippen LogP contribution in [0.4, 0.5) is 0 Å². The number of piperazine rings is 1. The van der Waals surface area contributed by atoms with Crippen molar-refractivity contribution < 1.29 is 14.3 Å². The Kier molecular flexibility index (Phi) is 7.82. The van der Waals surface area contributed by atoms with Gasteiger partial charge >= 0.3 is 5.97 Å². The van der Waals surface area contributed by atoms with Crippen molar-refractivity contribution >= 4 is 18.4 Å². The molecular formula is C17H27ClN2O3. The summed E-state index contributed by atoms with van der Waals surface area (Å²) in [6, 6.07) is 4.83. The van der Waals surface area contributed by atoms with E-state index in [0.717, 1.165) is 43.1 Å². The molecule has 23 heavy (non-hydrogen) atoms. The highest BCUT2D eigenvalue weighted by atomic mass is 35.5. The molecule has 6 heteroatoms. The minimum absolute atomic E-state index is 0. The zero-order valence-corrected chi connectivity index (χ0v) is 15.2. The maximum absolute atomic E-state index is 11.2. The second-order valence-corrected chi connectivity index (χ2v) is 6.01. The average molecular weight is 343 g/mol. The summed E-state index contributed by atoms with van der Waals surface area (Å²) in [5.41, 5.74) is 3.40. The smallest absolute Gasteiger partial charge is 0.343 e.